The van der Waals surface area contributed by atoms with Crippen molar-refractivity contribution >= 4 is 22.3 Å². The van der Waals surface area contributed by atoms with Crippen LogP contribution in [0.2, 0.25) is 0 Å². The van der Waals surface area contributed by atoms with Gasteiger partial charge in [-0.05, 0) is 17.7 Å². The van der Waals surface area contributed by atoms with Crippen molar-refractivity contribution in [1.82, 2.24) is 5.32 Å². The van der Waals surface area contributed by atoms with Crippen LogP contribution in [0, 0.1) is 0 Å². The van der Waals surface area contributed by atoms with Gasteiger partial charge in [0, 0.05) is 6.42 Å². The highest BCUT2D eigenvalue weighted by Crippen LogP contribution is 2.15. The number of benzene rings is 1. The number of ether oxygens (including phenoxy) is 1. The summed E-state index contributed by atoms with van der Waals surface area (Å²) in [5, 5.41) is 11.2. The summed E-state index contributed by atoms with van der Waals surface area (Å²) in [7, 11) is -4.89. The zero-order valence-electron chi connectivity index (χ0n) is 11.4. The van der Waals surface area contributed by atoms with E-state index in [0.29, 0.717) is 0 Å². The second-order valence-corrected chi connectivity index (χ2v) is 5.56. The first-order valence-corrected chi connectivity index (χ1v) is 7.43. The molecule has 0 fully saturated rings. The van der Waals surface area contributed by atoms with E-state index in [0.717, 1.165) is 12.1 Å². The van der Waals surface area contributed by atoms with Crippen molar-refractivity contribution in [2.24, 2.45) is 0 Å². The number of nitrogens with one attached hydrogen (secondary N) is 1. The molecule has 22 heavy (non-hydrogen) atoms. The van der Waals surface area contributed by atoms with Gasteiger partial charge in [-0.1, -0.05) is 24.8 Å². The van der Waals surface area contributed by atoms with Crippen LogP contribution in [-0.2, 0) is 26.2 Å². The third kappa shape index (κ3) is 5.52. The van der Waals surface area contributed by atoms with Gasteiger partial charge in [0.05, 0.1) is 4.90 Å². The Kier molecular flexibility index (Phi) is 6.05. The number of halogens is 1. The Bertz CT molecular complexity index is 673. The van der Waals surface area contributed by atoms with Crippen molar-refractivity contribution in [1.29, 1.82) is 0 Å². The number of rotatable bonds is 7. The first kappa shape index (κ1) is 17.6. The third-order valence-corrected chi connectivity index (χ3v) is 3.36. The molecule has 0 radical (unpaired) electrons. The lowest BCUT2D eigenvalue weighted by Crippen LogP contribution is -2.42. The zero-order valence-corrected chi connectivity index (χ0v) is 12.2. The zero-order chi connectivity index (χ0) is 16.8. The van der Waals surface area contributed by atoms with Crippen LogP contribution in [0.5, 0.6) is 0 Å². The van der Waals surface area contributed by atoms with E-state index < -0.39 is 33.2 Å². The molecular formula is C13H14FNO6S. The number of hydrogen-bond donors (Lipinski definition) is 2. The van der Waals surface area contributed by atoms with Gasteiger partial charge in [0.1, 0.15) is 12.6 Å². The fraction of sp³-hybridized carbons (Fsp3) is 0.231. The van der Waals surface area contributed by atoms with Gasteiger partial charge in [0.15, 0.2) is 0 Å². The Morgan fingerprint density at radius 1 is 1.45 bits per heavy atom. The van der Waals surface area contributed by atoms with Crippen molar-refractivity contribution < 1.29 is 31.7 Å². The Labute approximate surface area is 126 Å². The molecule has 0 unspecified atom stereocenters. The van der Waals surface area contributed by atoms with E-state index in [2.05, 4.69) is 16.6 Å². The number of carbonyl (C=O) groups excluding carboxylic acids is 1. The van der Waals surface area contributed by atoms with Crippen LogP contribution in [0.4, 0.5) is 8.68 Å². The maximum atomic E-state index is 12.9. The van der Waals surface area contributed by atoms with Gasteiger partial charge >= 0.3 is 22.3 Å². The highest BCUT2D eigenvalue weighted by atomic mass is 32.3. The van der Waals surface area contributed by atoms with Crippen molar-refractivity contribution in [2.45, 2.75) is 17.4 Å². The molecule has 0 aliphatic heterocycles. The van der Waals surface area contributed by atoms with Gasteiger partial charge in [0.25, 0.3) is 0 Å². The van der Waals surface area contributed by atoms with Crippen LogP contribution < -0.4 is 5.32 Å². The second-order valence-electron chi connectivity index (χ2n) is 4.21. The largest absolute Gasteiger partial charge is 0.480 e. The molecule has 0 aliphatic carbocycles. The standard InChI is InChI=1S/C13H14FNO6S/c1-2-6-21-13(18)15-11(12(16)17)8-9-4-3-5-10(7-9)22(14,19)20/h2-5,7,11H,1,6,8H2,(H,15,18)(H,16,17)/t11-/m0/s1. The Morgan fingerprint density at radius 3 is 2.68 bits per heavy atom. The van der Waals surface area contributed by atoms with Gasteiger partial charge in [-0.2, -0.15) is 8.42 Å². The van der Waals surface area contributed by atoms with E-state index in [1.165, 1.54) is 18.2 Å². The number of aliphatic carboxylic acids is 1. The van der Waals surface area contributed by atoms with Gasteiger partial charge in [0.2, 0.25) is 0 Å². The van der Waals surface area contributed by atoms with E-state index in [1.807, 2.05) is 0 Å². The van der Waals surface area contributed by atoms with Crippen molar-refractivity contribution in [3.8, 4) is 0 Å². The van der Waals surface area contributed by atoms with E-state index in [-0.39, 0.29) is 18.6 Å². The molecule has 1 rings (SSSR count). The molecule has 0 aromatic heterocycles. The van der Waals surface area contributed by atoms with Gasteiger partial charge in [-0.25, -0.2) is 9.59 Å². The highest BCUT2D eigenvalue weighted by Gasteiger charge is 2.22. The molecule has 0 aliphatic rings. The number of hydrogen-bond acceptors (Lipinski definition) is 5. The highest BCUT2D eigenvalue weighted by molar-refractivity contribution is 7.86. The average Bonchev–Trinajstić information content (AvgIpc) is 2.43. The number of carboxylic acids is 1. The molecular weight excluding hydrogens is 317 g/mol. The van der Waals surface area contributed by atoms with Crippen molar-refractivity contribution in [3.05, 3.63) is 42.5 Å². The SMILES string of the molecule is C=CCOC(=O)N[C@@H](Cc1cccc(S(=O)(=O)F)c1)C(=O)O. The lowest BCUT2D eigenvalue weighted by atomic mass is 10.1. The fourth-order valence-corrected chi connectivity index (χ4v) is 2.11. The third-order valence-electron chi connectivity index (χ3n) is 2.54. The number of carboxylic acid groups (broad SMARTS) is 1. The minimum Gasteiger partial charge on any atom is -0.480 e. The van der Waals surface area contributed by atoms with E-state index in [1.54, 1.807) is 0 Å². The van der Waals surface area contributed by atoms with Crippen LogP contribution >= 0.6 is 0 Å². The first-order valence-electron chi connectivity index (χ1n) is 6.04. The molecule has 1 aromatic rings. The molecule has 0 bridgehead atoms. The molecule has 7 nitrogen and oxygen atoms in total. The summed E-state index contributed by atoms with van der Waals surface area (Å²) in [5.41, 5.74) is 0.232. The summed E-state index contributed by atoms with van der Waals surface area (Å²) < 4.78 is 39.1. The molecule has 0 spiro atoms. The van der Waals surface area contributed by atoms with Crippen LogP contribution in [0.3, 0.4) is 0 Å². The second kappa shape index (κ2) is 7.55. The van der Waals surface area contributed by atoms with Crippen LogP contribution in [0.25, 0.3) is 0 Å². The van der Waals surface area contributed by atoms with Gasteiger partial charge in [-0.15, -0.1) is 3.89 Å². The molecule has 9 heteroatoms. The predicted octanol–water partition coefficient (Wildman–Crippen LogP) is 1.25. The van der Waals surface area contributed by atoms with E-state index in [4.69, 9.17) is 5.11 Å². The summed E-state index contributed by atoms with van der Waals surface area (Å²) in [6.07, 6.45) is 0.119. The van der Waals surface area contributed by atoms with Crippen LogP contribution in [0.1, 0.15) is 5.56 Å². The van der Waals surface area contributed by atoms with Gasteiger partial charge in [-0.3, -0.25) is 0 Å². The molecule has 2 N–H and O–H groups in total. The van der Waals surface area contributed by atoms with Crippen molar-refractivity contribution in [2.75, 3.05) is 6.61 Å². The number of amides is 1. The summed E-state index contributed by atoms with van der Waals surface area (Å²) in [6, 6.07) is 3.38. The smallest absolute Gasteiger partial charge is 0.408 e. The quantitative estimate of drug-likeness (QED) is 0.575. The Balaban J connectivity index is 2.86. The number of alkyl carbamates (subject to hydrolysis) is 1. The van der Waals surface area contributed by atoms with Crippen LogP contribution in [-0.4, -0.2) is 38.2 Å². The molecule has 120 valence electrons. The minimum atomic E-state index is -4.89. The van der Waals surface area contributed by atoms with E-state index >= 15 is 0 Å². The van der Waals surface area contributed by atoms with Gasteiger partial charge < -0.3 is 15.2 Å². The van der Waals surface area contributed by atoms with Crippen LogP contribution in [0.15, 0.2) is 41.8 Å². The maximum absolute atomic E-state index is 12.9. The summed E-state index contributed by atoms with van der Waals surface area (Å²) in [4.78, 5) is 21.9. The first-order chi connectivity index (χ1) is 10.2. The summed E-state index contributed by atoms with van der Waals surface area (Å²) in [5.74, 6) is -1.34. The molecule has 0 saturated heterocycles. The fourth-order valence-electron chi connectivity index (χ4n) is 1.58. The summed E-state index contributed by atoms with van der Waals surface area (Å²) in [6.45, 7) is 3.24. The lowest BCUT2D eigenvalue weighted by Gasteiger charge is -2.14. The molecule has 1 amide bonds. The monoisotopic (exact) mass is 331 g/mol. The maximum Gasteiger partial charge on any atom is 0.408 e. The van der Waals surface area contributed by atoms with E-state index in [9.17, 15) is 21.9 Å². The Hall–Kier alpha value is -2.42. The predicted molar refractivity (Wildman–Crippen MR) is 74.5 cm³/mol. The average molecular weight is 331 g/mol. The number of carbonyl (C=O) groups is 2. The lowest BCUT2D eigenvalue weighted by molar-refractivity contribution is -0.139. The molecule has 1 aromatic carbocycles. The topological polar surface area (TPSA) is 110 Å². The van der Waals surface area contributed by atoms with Crippen molar-refractivity contribution in [3.63, 3.8) is 0 Å². The normalized spacial score (nSPS) is 12.2. The minimum absolute atomic E-state index is 0.0895. The Morgan fingerprint density at radius 2 is 2.14 bits per heavy atom. The molecule has 0 saturated carbocycles. The summed E-state index contributed by atoms with van der Waals surface area (Å²) >= 11 is 0. The molecule has 1 atom stereocenters. The molecule has 0 heterocycles.